The number of hydrogen-bond acceptors (Lipinski definition) is 3. The lowest BCUT2D eigenvalue weighted by molar-refractivity contribution is -0.147. The molecule has 0 aliphatic heterocycles. The minimum Gasteiger partial charge on any atom is -0.459 e. The van der Waals surface area contributed by atoms with Gasteiger partial charge in [-0.3, -0.25) is 4.79 Å². The van der Waals surface area contributed by atoms with Crippen molar-refractivity contribution < 1.29 is 40.3 Å². The highest BCUT2D eigenvalue weighted by Crippen LogP contribution is 2.60. The van der Waals surface area contributed by atoms with Gasteiger partial charge in [0.1, 0.15) is 17.3 Å². The topological polar surface area (TPSA) is 39.2 Å². The first-order chi connectivity index (χ1) is 11.8. The molecule has 2 atom stereocenters. The molecule has 1 aromatic heterocycles. The lowest BCUT2D eigenvalue weighted by Gasteiger charge is -2.07. The molecule has 0 unspecified atom stereocenters. The minimum absolute atomic E-state index is 0.670. The van der Waals surface area contributed by atoms with Crippen molar-refractivity contribution in [3.05, 3.63) is 40.2 Å². The number of halogens is 8. The Hall–Kier alpha value is -1.84. The SMILES string of the molecule is CC1(C)[C@H](C(=O)OCc2nc(F)c(F)c(F)c2F)[C@@H]1C=C(Cl)C(F)(F)F. The normalized spacial score (nSPS) is 22.3. The van der Waals surface area contributed by atoms with Gasteiger partial charge < -0.3 is 4.74 Å². The van der Waals surface area contributed by atoms with Gasteiger partial charge in [-0.05, 0) is 11.3 Å². The van der Waals surface area contributed by atoms with Gasteiger partial charge in [-0.1, -0.05) is 31.5 Å². The van der Waals surface area contributed by atoms with Crippen molar-refractivity contribution in [3.8, 4) is 0 Å². The molecule has 0 N–H and O–H groups in total. The third kappa shape index (κ3) is 3.79. The van der Waals surface area contributed by atoms with Crippen molar-refractivity contribution >= 4 is 17.6 Å². The molecule has 0 saturated heterocycles. The van der Waals surface area contributed by atoms with Crippen LogP contribution in [-0.2, 0) is 16.1 Å². The predicted octanol–water partition coefficient (Wildman–Crippen LogP) is 4.64. The lowest BCUT2D eigenvalue weighted by Crippen LogP contribution is -2.14. The Morgan fingerprint density at radius 3 is 2.31 bits per heavy atom. The Kier molecular flexibility index (Phi) is 5.29. The number of pyridine rings is 1. The van der Waals surface area contributed by atoms with E-state index in [-0.39, 0.29) is 0 Å². The zero-order valence-corrected chi connectivity index (χ0v) is 14.0. The average molecular weight is 406 g/mol. The van der Waals surface area contributed by atoms with Crippen LogP contribution in [0, 0.1) is 40.7 Å². The van der Waals surface area contributed by atoms with Gasteiger partial charge in [-0.15, -0.1) is 0 Å². The molecule has 1 aliphatic carbocycles. The van der Waals surface area contributed by atoms with E-state index in [1.54, 1.807) is 0 Å². The van der Waals surface area contributed by atoms with Gasteiger partial charge in [0.05, 0.1) is 5.92 Å². The van der Waals surface area contributed by atoms with E-state index >= 15 is 0 Å². The maximum atomic E-state index is 13.5. The molecular weight excluding hydrogens is 395 g/mol. The molecular formula is C15H11ClF7NO2. The van der Waals surface area contributed by atoms with Gasteiger partial charge in [0.2, 0.25) is 11.6 Å². The zero-order chi connectivity index (χ0) is 20.0. The third-order valence-corrected chi connectivity index (χ3v) is 4.51. The number of carbonyl (C=O) groups is 1. The standard InChI is InChI=1S/C15H11ClF7NO2/c1-14(2)5(3-7(16)15(21,22)23)8(14)13(25)26-4-6-9(17)10(18)11(19)12(20)24-6/h3,5,8H,4H2,1-2H3/t5-,8-/m0/s1. The molecule has 1 aliphatic rings. The molecule has 1 aromatic rings. The maximum Gasteiger partial charge on any atom is 0.426 e. The summed E-state index contributed by atoms with van der Waals surface area (Å²) in [6, 6.07) is 0. The maximum absolute atomic E-state index is 13.5. The van der Waals surface area contributed by atoms with E-state index < -0.39 is 70.1 Å². The van der Waals surface area contributed by atoms with Crippen LogP contribution in [0.25, 0.3) is 0 Å². The number of nitrogens with zero attached hydrogens (tertiary/aromatic N) is 1. The van der Waals surface area contributed by atoms with Crippen LogP contribution in [0.4, 0.5) is 30.7 Å². The van der Waals surface area contributed by atoms with Gasteiger partial charge in [-0.25, -0.2) is 13.8 Å². The van der Waals surface area contributed by atoms with Gasteiger partial charge in [0, 0.05) is 0 Å². The number of carbonyl (C=O) groups excluding carboxylic acids is 1. The molecule has 2 rings (SSSR count). The number of allylic oxidation sites excluding steroid dienone is 2. The molecule has 26 heavy (non-hydrogen) atoms. The quantitative estimate of drug-likeness (QED) is 0.416. The second-order valence-corrected chi connectivity index (χ2v) is 6.64. The molecule has 3 nitrogen and oxygen atoms in total. The van der Waals surface area contributed by atoms with Crippen molar-refractivity contribution in [1.82, 2.24) is 4.98 Å². The smallest absolute Gasteiger partial charge is 0.426 e. The fraction of sp³-hybridized carbons (Fsp3) is 0.467. The molecule has 11 heteroatoms. The van der Waals surface area contributed by atoms with Crippen LogP contribution < -0.4 is 0 Å². The van der Waals surface area contributed by atoms with E-state index in [2.05, 4.69) is 9.72 Å². The summed E-state index contributed by atoms with van der Waals surface area (Å²) in [7, 11) is 0. The Balaban J connectivity index is 2.10. The first kappa shape index (κ1) is 20.5. The second-order valence-electron chi connectivity index (χ2n) is 6.24. The van der Waals surface area contributed by atoms with E-state index in [9.17, 15) is 35.5 Å². The van der Waals surface area contributed by atoms with E-state index in [0.29, 0.717) is 6.08 Å². The predicted molar refractivity (Wildman–Crippen MR) is 74.6 cm³/mol. The summed E-state index contributed by atoms with van der Waals surface area (Å²) in [5.74, 6) is -10.9. The average Bonchev–Trinajstić information content (AvgIpc) is 3.07. The molecule has 1 heterocycles. The number of rotatable bonds is 4. The second kappa shape index (κ2) is 6.71. The Bertz CT molecular complexity index is 776. The Labute approximate surface area is 147 Å². The van der Waals surface area contributed by atoms with Crippen LogP contribution in [-0.4, -0.2) is 17.1 Å². The number of esters is 1. The van der Waals surface area contributed by atoms with Gasteiger partial charge in [-0.2, -0.15) is 22.0 Å². The highest BCUT2D eigenvalue weighted by molar-refractivity contribution is 6.30. The molecule has 1 saturated carbocycles. The summed E-state index contributed by atoms with van der Waals surface area (Å²) in [4.78, 5) is 14.8. The summed E-state index contributed by atoms with van der Waals surface area (Å²) in [6.45, 7) is 1.95. The van der Waals surface area contributed by atoms with E-state index in [0.717, 1.165) is 0 Å². The summed E-state index contributed by atoms with van der Waals surface area (Å²) < 4.78 is 94.4. The van der Waals surface area contributed by atoms with Gasteiger partial charge in [0.15, 0.2) is 5.82 Å². The first-order valence-corrected chi connectivity index (χ1v) is 7.46. The number of aromatic nitrogens is 1. The molecule has 1 fully saturated rings. The van der Waals surface area contributed by atoms with Crippen LogP contribution in [0.15, 0.2) is 11.1 Å². The van der Waals surface area contributed by atoms with E-state index in [4.69, 9.17) is 11.6 Å². The highest BCUT2D eigenvalue weighted by atomic mass is 35.5. The lowest BCUT2D eigenvalue weighted by atomic mass is 10.1. The highest BCUT2D eigenvalue weighted by Gasteiger charge is 2.62. The molecule has 0 radical (unpaired) electrons. The van der Waals surface area contributed by atoms with Crippen molar-refractivity contribution in [3.63, 3.8) is 0 Å². The van der Waals surface area contributed by atoms with Crippen LogP contribution in [0.1, 0.15) is 19.5 Å². The van der Waals surface area contributed by atoms with E-state index in [1.807, 2.05) is 0 Å². The van der Waals surface area contributed by atoms with Crippen LogP contribution in [0.2, 0.25) is 0 Å². The van der Waals surface area contributed by atoms with E-state index in [1.165, 1.54) is 13.8 Å². The first-order valence-electron chi connectivity index (χ1n) is 7.08. The van der Waals surface area contributed by atoms with Crippen LogP contribution >= 0.6 is 11.6 Å². The largest absolute Gasteiger partial charge is 0.459 e. The third-order valence-electron chi connectivity index (χ3n) is 4.17. The number of ether oxygens (including phenoxy) is 1. The molecule has 0 amide bonds. The fourth-order valence-corrected chi connectivity index (χ4v) is 2.68. The minimum atomic E-state index is -4.77. The van der Waals surface area contributed by atoms with Gasteiger partial charge in [0.25, 0.3) is 5.95 Å². The molecule has 0 spiro atoms. The summed E-state index contributed by atoms with van der Waals surface area (Å²) in [6.07, 6.45) is -4.10. The monoisotopic (exact) mass is 405 g/mol. The van der Waals surface area contributed by atoms with Gasteiger partial charge >= 0.3 is 12.1 Å². The molecule has 0 bridgehead atoms. The fourth-order valence-electron chi connectivity index (χ4n) is 2.55. The number of hydrogen-bond donors (Lipinski definition) is 0. The van der Waals surface area contributed by atoms with Crippen molar-refractivity contribution in [2.24, 2.45) is 17.3 Å². The Morgan fingerprint density at radius 1 is 1.19 bits per heavy atom. The van der Waals surface area contributed by atoms with Crippen molar-refractivity contribution in [1.29, 1.82) is 0 Å². The zero-order valence-electron chi connectivity index (χ0n) is 13.2. The Morgan fingerprint density at radius 2 is 1.77 bits per heavy atom. The van der Waals surface area contributed by atoms with Crippen molar-refractivity contribution in [2.75, 3.05) is 0 Å². The molecule has 0 aromatic carbocycles. The summed E-state index contributed by atoms with van der Waals surface area (Å²) >= 11 is 5.14. The van der Waals surface area contributed by atoms with Crippen molar-refractivity contribution in [2.45, 2.75) is 26.6 Å². The summed E-state index contributed by atoms with van der Waals surface area (Å²) in [5.41, 5.74) is -1.91. The molecule has 144 valence electrons. The number of alkyl halides is 3. The summed E-state index contributed by atoms with van der Waals surface area (Å²) in [5, 5.41) is -1.40. The van der Waals surface area contributed by atoms with Crippen LogP contribution in [0.3, 0.4) is 0 Å². The van der Waals surface area contributed by atoms with Crippen LogP contribution in [0.5, 0.6) is 0 Å².